The summed E-state index contributed by atoms with van der Waals surface area (Å²) >= 11 is 0. The van der Waals surface area contributed by atoms with Crippen molar-refractivity contribution in [3.8, 4) is 5.95 Å². The molecule has 0 unspecified atom stereocenters. The van der Waals surface area contributed by atoms with Gasteiger partial charge in [-0.25, -0.2) is 15.0 Å². The monoisotopic (exact) mass is 243 g/mol. The maximum atomic E-state index is 10.7. The van der Waals surface area contributed by atoms with Gasteiger partial charge in [0.1, 0.15) is 6.33 Å². The molecule has 0 saturated carbocycles. The maximum Gasteiger partial charge on any atom is 0.234 e. The van der Waals surface area contributed by atoms with Gasteiger partial charge in [0.05, 0.1) is 0 Å². The molecule has 2 heterocycles. The first-order chi connectivity index (χ1) is 8.75. The second-order valence-electron chi connectivity index (χ2n) is 3.63. The lowest BCUT2D eigenvalue weighted by molar-refractivity contribution is -0.118. The first-order valence-electron chi connectivity index (χ1n) is 5.47. The van der Waals surface area contributed by atoms with Gasteiger partial charge in [-0.15, -0.1) is 0 Å². The molecule has 92 valence electrons. The van der Waals surface area contributed by atoms with Crippen LogP contribution in [0.25, 0.3) is 12.0 Å². The lowest BCUT2D eigenvalue weighted by Crippen LogP contribution is -2.19. The largest absolute Gasteiger partial charge is 0.353 e. The number of aromatic nitrogens is 4. The van der Waals surface area contributed by atoms with Crippen LogP contribution in [0.2, 0.25) is 0 Å². The van der Waals surface area contributed by atoms with Crippen LogP contribution in [0.1, 0.15) is 12.5 Å². The zero-order valence-corrected chi connectivity index (χ0v) is 9.95. The smallest absolute Gasteiger partial charge is 0.234 e. The Morgan fingerprint density at radius 1 is 1.44 bits per heavy atom. The molecule has 0 aromatic carbocycles. The van der Waals surface area contributed by atoms with Gasteiger partial charge in [-0.05, 0) is 0 Å². The zero-order valence-electron chi connectivity index (χ0n) is 9.95. The van der Waals surface area contributed by atoms with Crippen LogP contribution < -0.4 is 5.32 Å². The van der Waals surface area contributed by atoms with Gasteiger partial charge in [-0.2, -0.15) is 0 Å². The number of nitrogens with zero attached hydrogens (tertiary/aromatic N) is 4. The van der Waals surface area contributed by atoms with Crippen molar-refractivity contribution in [2.75, 3.05) is 6.54 Å². The fourth-order valence-corrected chi connectivity index (χ4v) is 1.33. The van der Waals surface area contributed by atoms with E-state index < -0.39 is 0 Å². The van der Waals surface area contributed by atoms with Crippen molar-refractivity contribution in [2.45, 2.75) is 6.92 Å². The van der Waals surface area contributed by atoms with Crippen LogP contribution in [0, 0.1) is 0 Å². The van der Waals surface area contributed by atoms with Gasteiger partial charge in [0.25, 0.3) is 0 Å². The number of carbonyl (C=O) groups is 1. The predicted molar refractivity (Wildman–Crippen MR) is 66.9 cm³/mol. The average molecular weight is 243 g/mol. The maximum absolute atomic E-state index is 10.7. The molecule has 0 aliphatic carbocycles. The van der Waals surface area contributed by atoms with Gasteiger partial charge in [0.2, 0.25) is 11.9 Å². The van der Waals surface area contributed by atoms with Crippen LogP contribution in [-0.4, -0.2) is 32.0 Å². The van der Waals surface area contributed by atoms with Crippen molar-refractivity contribution in [3.63, 3.8) is 0 Å². The Hall–Kier alpha value is -2.50. The van der Waals surface area contributed by atoms with E-state index in [1.807, 2.05) is 12.2 Å². The highest BCUT2D eigenvalue weighted by atomic mass is 16.1. The third kappa shape index (κ3) is 3.24. The number of imidazole rings is 1. The Labute approximate surface area is 104 Å². The van der Waals surface area contributed by atoms with Gasteiger partial charge < -0.3 is 5.32 Å². The summed E-state index contributed by atoms with van der Waals surface area (Å²) in [5.74, 6) is 0.526. The summed E-state index contributed by atoms with van der Waals surface area (Å²) in [6, 6.07) is 0. The molecule has 0 atom stereocenters. The van der Waals surface area contributed by atoms with Crippen molar-refractivity contribution in [2.24, 2.45) is 0 Å². The standard InChI is InChI=1S/C12H13N5O/c1-10(18)14-4-2-3-11-7-15-12(16-8-11)17-6-5-13-9-17/h2-3,5-9H,4H2,1H3,(H,14,18). The van der Waals surface area contributed by atoms with E-state index in [1.165, 1.54) is 6.92 Å². The molecular weight excluding hydrogens is 230 g/mol. The SMILES string of the molecule is CC(=O)NCC=Cc1cnc(-n2ccnc2)nc1. The van der Waals surface area contributed by atoms with Crippen LogP contribution in [0.4, 0.5) is 0 Å². The summed E-state index contributed by atoms with van der Waals surface area (Å²) in [7, 11) is 0. The van der Waals surface area contributed by atoms with Crippen LogP contribution in [0.5, 0.6) is 0 Å². The van der Waals surface area contributed by atoms with Crippen LogP contribution >= 0.6 is 0 Å². The third-order valence-corrected chi connectivity index (χ3v) is 2.17. The van der Waals surface area contributed by atoms with E-state index in [0.29, 0.717) is 12.5 Å². The fourth-order valence-electron chi connectivity index (χ4n) is 1.33. The number of rotatable bonds is 4. The first kappa shape index (κ1) is 12.0. The van der Waals surface area contributed by atoms with E-state index in [-0.39, 0.29) is 5.91 Å². The molecule has 0 aliphatic rings. The Bertz CT molecular complexity index is 530. The minimum Gasteiger partial charge on any atom is -0.353 e. The molecule has 1 N–H and O–H groups in total. The molecular formula is C12H13N5O. The van der Waals surface area contributed by atoms with E-state index in [4.69, 9.17) is 0 Å². The lowest BCUT2D eigenvalue weighted by atomic mass is 10.3. The number of hydrogen-bond acceptors (Lipinski definition) is 4. The topological polar surface area (TPSA) is 72.7 Å². The van der Waals surface area contributed by atoms with Crippen molar-refractivity contribution in [3.05, 3.63) is 42.8 Å². The highest BCUT2D eigenvalue weighted by molar-refractivity contribution is 5.73. The Morgan fingerprint density at radius 2 is 2.22 bits per heavy atom. The van der Waals surface area contributed by atoms with Crippen molar-refractivity contribution in [1.29, 1.82) is 0 Å². The molecule has 6 nitrogen and oxygen atoms in total. The van der Waals surface area contributed by atoms with E-state index in [9.17, 15) is 4.79 Å². The van der Waals surface area contributed by atoms with Gasteiger partial charge >= 0.3 is 0 Å². The van der Waals surface area contributed by atoms with E-state index in [0.717, 1.165) is 5.56 Å². The highest BCUT2D eigenvalue weighted by Gasteiger charge is 1.97. The minimum atomic E-state index is -0.0497. The van der Waals surface area contributed by atoms with Crippen molar-refractivity contribution in [1.82, 2.24) is 24.8 Å². The van der Waals surface area contributed by atoms with Crippen molar-refractivity contribution >= 4 is 12.0 Å². The Morgan fingerprint density at radius 3 is 2.83 bits per heavy atom. The number of carbonyl (C=O) groups excluding carboxylic acids is 1. The molecule has 2 aromatic heterocycles. The second-order valence-corrected chi connectivity index (χ2v) is 3.63. The average Bonchev–Trinajstić information content (AvgIpc) is 2.89. The van der Waals surface area contributed by atoms with Gasteiger partial charge in [0.15, 0.2) is 0 Å². The molecule has 6 heteroatoms. The van der Waals surface area contributed by atoms with Gasteiger partial charge in [-0.1, -0.05) is 12.2 Å². The molecule has 0 fully saturated rings. The molecule has 0 spiro atoms. The van der Waals surface area contributed by atoms with Crippen LogP contribution in [-0.2, 0) is 4.79 Å². The first-order valence-corrected chi connectivity index (χ1v) is 5.47. The summed E-state index contributed by atoms with van der Waals surface area (Å²) in [4.78, 5) is 23.0. The summed E-state index contributed by atoms with van der Waals surface area (Å²) in [6.07, 6.45) is 12.2. The zero-order chi connectivity index (χ0) is 12.8. The van der Waals surface area contributed by atoms with Gasteiger partial charge in [0, 0.05) is 43.8 Å². The molecule has 0 aliphatic heterocycles. The summed E-state index contributed by atoms with van der Waals surface area (Å²) in [5.41, 5.74) is 0.879. The quantitative estimate of drug-likeness (QED) is 0.862. The summed E-state index contributed by atoms with van der Waals surface area (Å²) < 4.78 is 1.73. The summed E-state index contributed by atoms with van der Waals surface area (Å²) in [6.45, 7) is 1.98. The molecule has 0 saturated heterocycles. The van der Waals surface area contributed by atoms with Gasteiger partial charge in [-0.3, -0.25) is 9.36 Å². The number of nitrogens with one attached hydrogen (secondary N) is 1. The molecule has 2 rings (SSSR count). The minimum absolute atomic E-state index is 0.0497. The number of hydrogen-bond donors (Lipinski definition) is 1. The summed E-state index contributed by atoms with van der Waals surface area (Å²) in [5, 5.41) is 2.67. The van der Waals surface area contributed by atoms with E-state index in [2.05, 4.69) is 20.3 Å². The Balaban J connectivity index is 1.98. The number of amides is 1. The van der Waals surface area contributed by atoms with Crippen molar-refractivity contribution < 1.29 is 4.79 Å². The third-order valence-electron chi connectivity index (χ3n) is 2.17. The fraction of sp³-hybridized carbons (Fsp3) is 0.167. The highest BCUT2D eigenvalue weighted by Crippen LogP contribution is 2.02. The molecule has 2 aromatic rings. The van der Waals surface area contributed by atoms with Crippen LogP contribution in [0.3, 0.4) is 0 Å². The molecule has 0 bridgehead atoms. The molecule has 18 heavy (non-hydrogen) atoms. The van der Waals surface area contributed by atoms with Crippen LogP contribution in [0.15, 0.2) is 37.2 Å². The molecule has 0 radical (unpaired) electrons. The second kappa shape index (κ2) is 5.72. The predicted octanol–water partition coefficient (Wildman–Crippen LogP) is 0.812. The van der Waals surface area contributed by atoms with E-state index in [1.54, 1.807) is 35.7 Å². The Kier molecular flexibility index (Phi) is 3.80. The lowest BCUT2D eigenvalue weighted by Gasteiger charge is -1.99. The van der Waals surface area contributed by atoms with E-state index >= 15 is 0 Å². The normalized spacial score (nSPS) is 10.7. The molecule has 1 amide bonds.